The zero-order chi connectivity index (χ0) is 13.7. The van der Waals surface area contributed by atoms with E-state index in [1.165, 1.54) is 0 Å². The molecule has 19 heavy (non-hydrogen) atoms. The van der Waals surface area contributed by atoms with Crippen molar-refractivity contribution < 1.29 is 9.47 Å². The molecule has 0 N–H and O–H groups in total. The molecule has 0 aliphatic carbocycles. The number of halogens is 1. The minimum absolute atomic E-state index is 0.490. The summed E-state index contributed by atoms with van der Waals surface area (Å²) >= 11 is 7.78. The summed E-state index contributed by atoms with van der Waals surface area (Å²) in [6, 6.07) is 9.73. The Morgan fingerprint density at radius 3 is 2.68 bits per heavy atom. The van der Waals surface area contributed by atoms with E-state index in [1.807, 2.05) is 30.3 Å². The third-order valence-corrected chi connectivity index (χ3v) is 3.94. The van der Waals surface area contributed by atoms with E-state index in [4.69, 9.17) is 21.1 Å². The van der Waals surface area contributed by atoms with Crippen LogP contribution in [-0.4, -0.2) is 19.2 Å². The van der Waals surface area contributed by atoms with Gasteiger partial charge in [-0.1, -0.05) is 29.8 Å². The highest BCUT2D eigenvalue weighted by atomic mass is 35.5. The zero-order valence-corrected chi connectivity index (χ0v) is 12.3. The van der Waals surface area contributed by atoms with Gasteiger partial charge in [-0.15, -0.1) is 11.8 Å². The van der Waals surface area contributed by atoms with Crippen LogP contribution in [0.15, 0.2) is 41.4 Å². The highest BCUT2D eigenvalue weighted by Gasteiger charge is 2.07. The van der Waals surface area contributed by atoms with Crippen molar-refractivity contribution in [3.05, 3.63) is 47.1 Å². The number of thioether (sulfide) groups is 1. The second-order valence-electron chi connectivity index (χ2n) is 3.76. The van der Waals surface area contributed by atoms with Crippen LogP contribution in [0.1, 0.15) is 5.56 Å². The molecule has 0 saturated heterocycles. The maximum atomic E-state index is 6.12. The number of hydrogen-bond acceptors (Lipinski definition) is 4. The topological polar surface area (TPSA) is 31.4 Å². The van der Waals surface area contributed by atoms with E-state index < -0.39 is 0 Å². The Morgan fingerprint density at radius 1 is 1.21 bits per heavy atom. The second kappa shape index (κ2) is 6.68. The fraction of sp³-hybridized carbons (Fsp3) is 0.214. The van der Waals surface area contributed by atoms with Gasteiger partial charge >= 0.3 is 0 Å². The van der Waals surface area contributed by atoms with Gasteiger partial charge in [0.15, 0.2) is 5.75 Å². The summed E-state index contributed by atoms with van der Waals surface area (Å²) in [6.45, 7) is 0. The molecule has 0 aliphatic rings. The minimum atomic E-state index is 0.490. The molecule has 0 bridgehead atoms. The molecule has 0 atom stereocenters. The van der Waals surface area contributed by atoms with Crippen molar-refractivity contribution in [3.63, 3.8) is 0 Å². The normalized spacial score (nSPS) is 10.3. The molecule has 3 nitrogen and oxygen atoms in total. The molecular weight excluding hydrogens is 282 g/mol. The Morgan fingerprint density at radius 2 is 2.00 bits per heavy atom. The summed E-state index contributed by atoms with van der Waals surface area (Å²) in [5.41, 5.74) is 1.10. The molecule has 2 aromatic rings. The molecule has 0 aliphatic heterocycles. The van der Waals surface area contributed by atoms with Crippen molar-refractivity contribution in [2.75, 3.05) is 14.2 Å². The summed E-state index contributed by atoms with van der Waals surface area (Å²) in [7, 11) is 3.17. The van der Waals surface area contributed by atoms with Gasteiger partial charge in [-0.3, -0.25) is 0 Å². The Bertz CT molecular complexity index is 563. The number of pyridine rings is 1. The second-order valence-corrected chi connectivity index (χ2v) is 5.22. The van der Waals surface area contributed by atoms with Gasteiger partial charge in [0.05, 0.1) is 14.2 Å². The monoisotopic (exact) mass is 295 g/mol. The lowest BCUT2D eigenvalue weighted by Gasteiger charge is -2.08. The lowest BCUT2D eigenvalue weighted by Crippen LogP contribution is -1.93. The number of aromatic nitrogens is 1. The molecule has 5 heteroatoms. The van der Waals surface area contributed by atoms with E-state index in [9.17, 15) is 0 Å². The molecule has 1 heterocycles. The lowest BCUT2D eigenvalue weighted by molar-refractivity contribution is 0.341. The molecule has 0 amide bonds. The number of ether oxygens (including phenoxy) is 2. The quantitative estimate of drug-likeness (QED) is 0.779. The van der Waals surface area contributed by atoms with Gasteiger partial charge in [0, 0.05) is 27.9 Å². The molecule has 100 valence electrons. The third kappa shape index (κ3) is 3.55. The van der Waals surface area contributed by atoms with Crippen LogP contribution in [0.3, 0.4) is 0 Å². The first-order valence-corrected chi connectivity index (χ1v) is 7.05. The Hall–Kier alpha value is -1.39. The van der Waals surface area contributed by atoms with Crippen molar-refractivity contribution in [1.29, 1.82) is 0 Å². The first-order valence-electron chi connectivity index (χ1n) is 5.69. The zero-order valence-electron chi connectivity index (χ0n) is 10.7. The molecule has 0 saturated carbocycles. The van der Waals surface area contributed by atoms with Crippen molar-refractivity contribution in [1.82, 2.24) is 4.98 Å². The Kier molecular flexibility index (Phi) is 4.93. The average Bonchev–Trinajstić information content (AvgIpc) is 2.46. The van der Waals surface area contributed by atoms with E-state index in [-0.39, 0.29) is 0 Å². The SMILES string of the molecule is COc1cc(SCc2ccccc2Cl)cnc1OC. The largest absolute Gasteiger partial charge is 0.491 e. The van der Waals surface area contributed by atoms with Crippen LogP contribution in [0.5, 0.6) is 11.6 Å². The number of hydrogen-bond donors (Lipinski definition) is 0. The molecule has 0 radical (unpaired) electrons. The molecule has 2 rings (SSSR count). The summed E-state index contributed by atoms with van der Waals surface area (Å²) in [6.07, 6.45) is 1.77. The first kappa shape index (κ1) is 14.0. The predicted molar refractivity (Wildman–Crippen MR) is 78.4 cm³/mol. The standard InChI is InChI=1S/C14H14ClNO2S/c1-17-13-7-11(8-16-14(13)18-2)19-9-10-5-3-4-6-12(10)15/h3-8H,9H2,1-2H3. The fourth-order valence-electron chi connectivity index (χ4n) is 1.57. The van der Waals surface area contributed by atoms with Gasteiger partial charge in [0.25, 0.3) is 5.88 Å². The predicted octanol–water partition coefficient (Wildman–Crippen LogP) is 4.04. The van der Waals surface area contributed by atoms with Crippen LogP contribution in [-0.2, 0) is 5.75 Å². The molecular formula is C14H14ClNO2S. The molecule has 1 aromatic carbocycles. The molecule has 0 unspecified atom stereocenters. The average molecular weight is 296 g/mol. The number of benzene rings is 1. The Balaban J connectivity index is 2.10. The summed E-state index contributed by atoms with van der Waals surface area (Å²) in [5, 5.41) is 0.781. The van der Waals surface area contributed by atoms with Crippen LogP contribution in [0.25, 0.3) is 0 Å². The van der Waals surface area contributed by atoms with Crippen molar-refractivity contribution in [2.45, 2.75) is 10.6 Å². The van der Waals surface area contributed by atoms with Crippen LogP contribution < -0.4 is 9.47 Å². The smallest absolute Gasteiger partial charge is 0.256 e. The van der Waals surface area contributed by atoms with Crippen molar-refractivity contribution in [3.8, 4) is 11.6 Å². The van der Waals surface area contributed by atoms with Gasteiger partial charge in [0.1, 0.15) is 0 Å². The van der Waals surface area contributed by atoms with E-state index >= 15 is 0 Å². The first-order chi connectivity index (χ1) is 9.24. The number of rotatable bonds is 5. The highest BCUT2D eigenvalue weighted by molar-refractivity contribution is 7.98. The Labute approximate surface area is 121 Å². The van der Waals surface area contributed by atoms with E-state index in [1.54, 1.807) is 32.2 Å². The van der Waals surface area contributed by atoms with Gasteiger partial charge in [0.2, 0.25) is 0 Å². The third-order valence-electron chi connectivity index (χ3n) is 2.56. The van der Waals surface area contributed by atoms with Crippen LogP contribution >= 0.6 is 23.4 Å². The maximum Gasteiger partial charge on any atom is 0.256 e. The molecule has 1 aromatic heterocycles. The van der Waals surface area contributed by atoms with Crippen LogP contribution in [0, 0.1) is 0 Å². The van der Waals surface area contributed by atoms with Gasteiger partial charge in [-0.05, 0) is 11.6 Å². The fourth-order valence-corrected chi connectivity index (χ4v) is 2.74. The van der Waals surface area contributed by atoms with Crippen LogP contribution in [0.2, 0.25) is 5.02 Å². The lowest BCUT2D eigenvalue weighted by atomic mass is 10.2. The van der Waals surface area contributed by atoms with Gasteiger partial charge in [-0.25, -0.2) is 4.98 Å². The highest BCUT2D eigenvalue weighted by Crippen LogP contribution is 2.32. The van der Waals surface area contributed by atoms with E-state index in [2.05, 4.69) is 4.98 Å². The van der Waals surface area contributed by atoms with E-state index in [0.717, 1.165) is 21.2 Å². The van der Waals surface area contributed by atoms with E-state index in [0.29, 0.717) is 11.6 Å². The summed E-state index contributed by atoms with van der Waals surface area (Å²) in [4.78, 5) is 5.21. The number of nitrogens with zero attached hydrogens (tertiary/aromatic N) is 1. The summed E-state index contributed by atoms with van der Waals surface area (Å²) < 4.78 is 10.3. The van der Waals surface area contributed by atoms with Crippen LogP contribution in [0.4, 0.5) is 0 Å². The molecule has 0 fully saturated rings. The number of methoxy groups -OCH3 is 2. The minimum Gasteiger partial charge on any atom is -0.491 e. The van der Waals surface area contributed by atoms with Crippen molar-refractivity contribution >= 4 is 23.4 Å². The summed E-state index contributed by atoms with van der Waals surface area (Å²) in [5.74, 6) is 1.91. The molecule has 0 spiro atoms. The van der Waals surface area contributed by atoms with Crippen molar-refractivity contribution in [2.24, 2.45) is 0 Å². The van der Waals surface area contributed by atoms with Gasteiger partial charge < -0.3 is 9.47 Å². The van der Waals surface area contributed by atoms with Gasteiger partial charge in [-0.2, -0.15) is 0 Å². The maximum absolute atomic E-state index is 6.12.